The van der Waals surface area contributed by atoms with Gasteiger partial charge in [-0.1, -0.05) is 75.9 Å². The van der Waals surface area contributed by atoms with Gasteiger partial charge in [0.2, 0.25) is 0 Å². The van der Waals surface area contributed by atoms with E-state index in [1.807, 2.05) is 44.4 Å². The lowest BCUT2D eigenvalue weighted by atomic mass is 9.98. The molecule has 2 aromatic carbocycles. The van der Waals surface area contributed by atoms with Crippen molar-refractivity contribution in [2.75, 3.05) is 12.4 Å². The third kappa shape index (κ3) is 5.40. The van der Waals surface area contributed by atoms with Crippen molar-refractivity contribution >= 4 is 29.1 Å². The zero-order valence-electron chi connectivity index (χ0n) is 20.4. The van der Waals surface area contributed by atoms with Crippen LogP contribution >= 0.6 is 0 Å². The van der Waals surface area contributed by atoms with Crippen LogP contribution in [-0.4, -0.2) is 22.8 Å². The van der Waals surface area contributed by atoms with Gasteiger partial charge < -0.3 is 10.2 Å². The average Bonchev–Trinajstić information content (AvgIpc) is 2.81. The van der Waals surface area contributed by atoms with Crippen molar-refractivity contribution < 1.29 is 0 Å². The number of nitrogens with one attached hydrogen (secondary N) is 1. The van der Waals surface area contributed by atoms with E-state index in [-0.39, 0.29) is 0 Å². The summed E-state index contributed by atoms with van der Waals surface area (Å²) in [6.07, 6.45) is 4.94. The molecular weight excluding hydrogens is 404 g/mol. The number of pyridine rings is 1. The number of anilines is 1. The summed E-state index contributed by atoms with van der Waals surface area (Å²) in [5, 5.41) is 3.47. The molecule has 0 saturated carbocycles. The van der Waals surface area contributed by atoms with Gasteiger partial charge in [-0.25, -0.2) is 9.98 Å². The maximum absolute atomic E-state index is 5.06. The minimum absolute atomic E-state index is 0.615. The van der Waals surface area contributed by atoms with Crippen LogP contribution in [0.5, 0.6) is 0 Å². The third-order valence-electron chi connectivity index (χ3n) is 5.34. The highest BCUT2D eigenvalue weighted by Crippen LogP contribution is 2.38. The van der Waals surface area contributed by atoms with Crippen LogP contribution in [0.1, 0.15) is 53.6 Å². The van der Waals surface area contributed by atoms with E-state index in [0.717, 1.165) is 50.9 Å². The summed E-state index contributed by atoms with van der Waals surface area (Å²) < 4.78 is 0. The van der Waals surface area contributed by atoms with Gasteiger partial charge in [-0.2, -0.15) is 0 Å². The van der Waals surface area contributed by atoms with Crippen molar-refractivity contribution in [1.82, 2.24) is 9.88 Å². The van der Waals surface area contributed by atoms with E-state index < -0.39 is 0 Å². The molecule has 1 aliphatic heterocycles. The molecule has 0 unspecified atom stereocenters. The number of aryl methyl sites for hydroxylation is 2. The fourth-order valence-electron chi connectivity index (χ4n) is 3.75. The molecule has 0 aliphatic carbocycles. The minimum atomic E-state index is 0.615. The van der Waals surface area contributed by atoms with Crippen LogP contribution < -0.4 is 5.32 Å². The Balaban J connectivity index is 0.000000968. The zero-order valence-corrected chi connectivity index (χ0v) is 20.4. The minimum Gasteiger partial charge on any atom is -0.365 e. The molecule has 0 fully saturated rings. The van der Waals surface area contributed by atoms with E-state index in [1.54, 1.807) is 0 Å². The van der Waals surface area contributed by atoms with E-state index in [4.69, 9.17) is 4.99 Å². The van der Waals surface area contributed by atoms with Crippen LogP contribution in [0.25, 0.3) is 11.8 Å². The maximum atomic E-state index is 5.06. The predicted octanol–water partition coefficient (Wildman–Crippen LogP) is 7.36. The van der Waals surface area contributed by atoms with Crippen molar-refractivity contribution in [2.45, 2.75) is 40.7 Å². The number of nitrogens with zero attached hydrogens (tertiary/aromatic N) is 3. The van der Waals surface area contributed by atoms with Gasteiger partial charge in [-0.3, -0.25) is 0 Å². The van der Waals surface area contributed by atoms with Gasteiger partial charge in [-0.05, 0) is 42.7 Å². The molecule has 1 N–H and O–H groups in total. The second kappa shape index (κ2) is 10.8. The summed E-state index contributed by atoms with van der Waals surface area (Å²) in [6.45, 7) is 17.3. The van der Waals surface area contributed by atoms with Gasteiger partial charge in [0.05, 0.1) is 5.69 Å². The lowest BCUT2D eigenvalue weighted by Gasteiger charge is -2.30. The number of aliphatic imine (C=N–C) groups is 1. The standard InChI is InChI=1S/C26H26N4.C3H8/c1-6-20-13-18(3)15-27-25(20)28-16-22-12-17(2)14-23-19(4)30(5)26(29-24(22)23)21-10-8-7-9-11-21;1-3-2/h6-15H,1,4,16H2,2-3,5H3,(H,27,28);3H2,1-2H3. The van der Waals surface area contributed by atoms with Crippen molar-refractivity contribution in [3.63, 3.8) is 0 Å². The Bertz CT molecular complexity index is 1180. The Morgan fingerprint density at radius 3 is 2.39 bits per heavy atom. The maximum Gasteiger partial charge on any atom is 0.140 e. The Morgan fingerprint density at radius 2 is 1.73 bits per heavy atom. The number of fused-ring (bicyclic) bond motifs is 1. The van der Waals surface area contributed by atoms with Crippen LogP contribution in [0.2, 0.25) is 0 Å². The van der Waals surface area contributed by atoms with E-state index in [2.05, 4.69) is 79.5 Å². The largest absolute Gasteiger partial charge is 0.365 e. The van der Waals surface area contributed by atoms with Crippen LogP contribution in [0.4, 0.5) is 11.5 Å². The molecule has 33 heavy (non-hydrogen) atoms. The SMILES string of the molecule is C=Cc1cc(C)cnc1NCc1cc(C)cc2c1N=C(c1ccccc1)N(C)C2=C.CCC. The molecule has 3 aromatic rings. The smallest absolute Gasteiger partial charge is 0.140 e. The fourth-order valence-corrected chi connectivity index (χ4v) is 3.75. The molecule has 0 radical (unpaired) electrons. The summed E-state index contributed by atoms with van der Waals surface area (Å²) in [4.78, 5) is 11.7. The Labute approximate surface area is 198 Å². The second-order valence-electron chi connectivity index (χ2n) is 8.34. The van der Waals surface area contributed by atoms with E-state index in [9.17, 15) is 0 Å². The van der Waals surface area contributed by atoms with Crippen LogP contribution in [0, 0.1) is 13.8 Å². The first kappa shape index (κ1) is 24.0. The lowest BCUT2D eigenvalue weighted by Crippen LogP contribution is -2.28. The molecule has 0 spiro atoms. The molecule has 0 atom stereocenters. The first-order valence-electron chi connectivity index (χ1n) is 11.4. The molecule has 2 heterocycles. The zero-order chi connectivity index (χ0) is 24.0. The van der Waals surface area contributed by atoms with Crippen molar-refractivity contribution in [3.8, 4) is 0 Å². The fraction of sp³-hybridized carbons (Fsp3) is 0.241. The molecular formula is C29H34N4. The highest BCUT2D eigenvalue weighted by molar-refractivity contribution is 6.08. The third-order valence-corrected chi connectivity index (χ3v) is 5.34. The topological polar surface area (TPSA) is 40.5 Å². The average molecular weight is 439 g/mol. The van der Waals surface area contributed by atoms with Gasteiger partial charge in [-0.15, -0.1) is 0 Å². The number of benzene rings is 2. The molecule has 170 valence electrons. The molecule has 1 aliphatic rings. The monoisotopic (exact) mass is 438 g/mol. The Hall–Kier alpha value is -3.66. The molecule has 0 bridgehead atoms. The van der Waals surface area contributed by atoms with E-state index in [0.29, 0.717) is 6.54 Å². The molecule has 0 amide bonds. The molecule has 4 nitrogen and oxygen atoms in total. The molecule has 4 rings (SSSR count). The summed E-state index contributed by atoms with van der Waals surface area (Å²) in [6, 6.07) is 16.6. The number of hydrogen-bond donors (Lipinski definition) is 1. The van der Waals surface area contributed by atoms with Crippen LogP contribution in [-0.2, 0) is 6.54 Å². The number of aromatic nitrogens is 1. The van der Waals surface area contributed by atoms with E-state index in [1.165, 1.54) is 12.0 Å². The Kier molecular flexibility index (Phi) is 7.83. The van der Waals surface area contributed by atoms with Gasteiger partial charge in [0.15, 0.2) is 0 Å². The summed E-state index contributed by atoms with van der Waals surface area (Å²) >= 11 is 0. The first-order chi connectivity index (χ1) is 15.9. The van der Waals surface area contributed by atoms with Gasteiger partial charge in [0, 0.05) is 42.2 Å². The quantitative estimate of drug-likeness (QED) is 0.452. The van der Waals surface area contributed by atoms with Gasteiger partial charge in [0.25, 0.3) is 0 Å². The predicted molar refractivity (Wildman–Crippen MR) is 143 cm³/mol. The summed E-state index contributed by atoms with van der Waals surface area (Å²) in [5.74, 6) is 1.73. The molecule has 0 saturated heterocycles. The normalized spacial score (nSPS) is 12.3. The number of amidine groups is 1. The van der Waals surface area contributed by atoms with Crippen LogP contribution in [0.3, 0.4) is 0 Å². The van der Waals surface area contributed by atoms with Crippen molar-refractivity contribution in [2.24, 2.45) is 4.99 Å². The number of rotatable bonds is 5. The van der Waals surface area contributed by atoms with Crippen LogP contribution in [0.15, 0.2) is 72.9 Å². The molecule has 4 heteroatoms. The highest BCUT2D eigenvalue weighted by Gasteiger charge is 2.24. The van der Waals surface area contributed by atoms with Crippen molar-refractivity contribution in [1.29, 1.82) is 0 Å². The summed E-state index contributed by atoms with van der Waals surface area (Å²) in [7, 11) is 2.02. The summed E-state index contributed by atoms with van der Waals surface area (Å²) in [5.41, 5.74) is 8.44. The Morgan fingerprint density at radius 1 is 1.03 bits per heavy atom. The van der Waals surface area contributed by atoms with Gasteiger partial charge in [0.1, 0.15) is 11.7 Å². The second-order valence-corrected chi connectivity index (χ2v) is 8.34. The first-order valence-corrected chi connectivity index (χ1v) is 11.4. The van der Waals surface area contributed by atoms with E-state index >= 15 is 0 Å². The van der Waals surface area contributed by atoms with Gasteiger partial charge >= 0.3 is 0 Å². The number of hydrogen-bond acceptors (Lipinski definition) is 4. The highest BCUT2D eigenvalue weighted by atomic mass is 15.2. The lowest BCUT2D eigenvalue weighted by molar-refractivity contribution is 0.712. The van der Waals surface area contributed by atoms with Crippen molar-refractivity contribution in [3.05, 3.63) is 101 Å². The molecule has 1 aromatic heterocycles.